The third-order valence-corrected chi connectivity index (χ3v) is 5.04. The molecule has 1 aliphatic heterocycles. The van der Waals surface area contributed by atoms with E-state index in [4.69, 9.17) is 21.1 Å². The van der Waals surface area contributed by atoms with E-state index in [2.05, 4.69) is 5.32 Å². The first-order valence-electron chi connectivity index (χ1n) is 8.52. The van der Waals surface area contributed by atoms with Crippen LogP contribution in [-0.2, 0) is 9.59 Å². The molecule has 0 saturated carbocycles. The molecule has 1 N–H and O–H groups in total. The Morgan fingerprint density at radius 3 is 2.63 bits per heavy atom. The SMILES string of the molecule is COc1ccc(NC(=O)[C@@H]2CC(=O)N(c3ccc(C)c(Cl)c3)C2)c(OC)c1. The number of anilines is 2. The average Bonchev–Trinajstić information content (AvgIpc) is 3.06. The molecule has 142 valence electrons. The molecular formula is C20H21ClN2O4. The van der Waals surface area contributed by atoms with Crippen molar-refractivity contribution in [1.82, 2.24) is 0 Å². The first-order valence-corrected chi connectivity index (χ1v) is 8.90. The summed E-state index contributed by atoms with van der Waals surface area (Å²) in [4.78, 5) is 26.7. The molecule has 1 fully saturated rings. The van der Waals surface area contributed by atoms with E-state index in [9.17, 15) is 9.59 Å². The maximum absolute atomic E-state index is 12.7. The molecule has 2 aromatic rings. The van der Waals surface area contributed by atoms with Crippen molar-refractivity contribution in [3.05, 3.63) is 47.0 Å². The highest BCUT2D eigenvalue weighted by Gasteiger charge is 2.35. The van der Waals surface area contributed by atoms with E-state index in [-0.39, 0.29) is 18.2 Å². The van der Waals surface area contributed by atoms with Crippen LogP contribution in [0.1, 0.15) is 12.0 Å². The van der Waals surface area contributed by atoms with Crippen LogP contribution in [-0.4, -0.2) is 32.6 Å². The van der Waals surface area contributed by atoms with Gasteiger partial charge in [0.1, 0.15) is 11.5 Å². The molecule has 0 aliphatic carbocycles. The van der Waals surface area contributed by atoms with Crippen molar-refractivity contribution >= 4 is 34.8 Å². The van der Waals surface area contributed by atoms with Gasteiger partial charge in [-0.2, -0.15) is 0 Å². The summed E-state index contributed by atoms with van der Waals surface area (Å²) in [6, 6.07) is 10.6. The van der Waals surface area contributed by atoms with Gasteiger partial charge in [0, 0.05) is 29.7 Å². The van der Waals surface area contributed by atoms with Crippen LogP contribution in [0.15, 0.2) is 36.4 Å². The summed E-state index contributed by atoms with van der Waals surface area (Å²) in [6.07, 6.45) is 0.149. The van der Waals surface area contributed by atoms with Crippen molar-refractivity contribution < 1.29 is 19.1 Å². The fraction of sp³-hybridized carbons (Fsp3) is 0.300. The lowest BCUT2D eigenvalue weighted by Gasteiger charge is -2.18. The van der Waals surface area contributed by atoms with Crippen LogP contribution >= 0.6 is 11.6 Å². The van der Waals surface area contributed by atoms with Gasteiger partial charge in [-0.05, 0) is 36.8 Å². The zero-order chi connectivity index (χ0) is 19.6. The number of carbonyl (C=O) groups is 2. The van der Waals surface area contributed by atoms with Crippen molar-refractivity contribution in [3.63, 3.8) is 0 Å². The predicted octanol–water partition coefficient (Wildman–Crippen LogP) is 3.66. The fourth-order valence-electron chi connectivity index (χ4n) is 3.02. The Bertz CT molecular complexity index is 884. The third kappa shape index (κ3) is 4.01. The number of ether oxygens (including phenoxy) is 2. The van der Waals surface area contributed by atoms with E-state index >= 15 is 0 Å². The fourth-order valence-corrected chi connectivity index (χ4v) is 3.19. The van der Waals surface area contributed by atoms with Gasteiger partial charge in [0.2, 0.25) is 11.8 Å². The summed E-state index contributed by atoms with van der Waals surface area (Å²) in [5.74, 6) is 0.339. The largest absolute Gasteiger partial charge is 0.497 e. The molecule has 0 spiro atoms. The summed E-state index contributed by atoms with van der Waals surface area (Å²) in [5.41, 5.74) is 2.17. The molecule has 0 radical (unpaired) electrons. The molecular weight excluding hydrogens is 368 g/mol. The van der Waals surface area contributed by atoms with Gasteiger partial charge >= 0.3 is 0 Å². The standard InChI is InChI=1S/C20H21ClN2O4/c1-12-4-5-14(9-16(12)21)23-11-13(8-19(23)24)20(25)22-17-7-6-15(26-2)10-18(17)27-3/h4-7,9-10,13H,8,11H2,1-3H3,(H,22,25)/t13-/m1/s1. The second-order valence-electron chi connectivity index (χ2n) is 6.39. The molecule has 1 heterocycles. The predicted molar refractivity (Wildman–Crippen MR) is 105 cm³/mol. The van der Waals surface area contributed by atoms with Crippen LogP contribution in [0.4, 0.5) is 11.4 Å². The number of nitrogens with one attached hydrogen (secondary N) is 1. The number of methoxy groups -OCH3 is 2. The van der Waals surface area contributed by atoms with Crippen molar-refractivity contribution in [2.45, 2.75) is 13.3 Å². The van der Waals surface area contributed by atoms with E-state index in [1.54, 1.807) is 36.3 Å². The maximum Gasteiger partial charge on any atom is 0.229 e. The molecule has 27 heavy (non-hydrogen) atoms. The Labute approximate surface area is 163 Å². The van der Waals surface area contributed by atoms with Crippen LogP contribution in [0.3, 0.4) is 0 Å². The second-order valence-corrected chi connectivity index (χ2v) is 6.80. The first kappa shape index (κ1) is 19.0. The molecule has 7 heteroatoms. The van der Waals surface area contributed by atoms with Gasteiger partial charge in [-0.25, -0.2) is 0 Å². The number of hydrogen-bond donors (Lipinski definition) is 1. The van der Waals surface area contributed by atoms with Crippen LogP contribution in [0.5, 0.6) is 11.5 Å². The first-order chi connectivity index (χ1) is 12.9. The van der Waals surface area contributed by atoms with Crippen molar-refractivity contribution in [2.75, 3.05) is 31.0 Å². The number of amides is 2. The van der Waals surface area contributed by atoms with Crippen LogP contribution in [0.25, 0.3) is 0 Å². The quantitative estimate of drug-likeness (QED) is 0.848. The van der Waals surface area contributed by atoms with Gasteiger partial charge in [-0.1, -0.05) is 17.7 Å². The number of aryl methyl sites for hydroxylation is 1. The Morgan fingerprint density at radius 2 is 1.96 bits per heavy atom. The van der Waals surface area contributed by atoms with Gasteiger partial charge in [-0.3, -0.25) is 9.59 Å². The highest BCUT2D eigenvalue weighted by atomic mass is 35.5. The summed E-state index contributed by atoms with van der Waals surface area (Å²) < 4.78 is 10.5. The lowest BCUT2D eigenvalue weighted by atomic mass is 10.1. The minimum Gasteiger partial charge on any atom is -0.497 e. The van der Waals surface area contributed by atoms with Crippen LogP contribution < -0.4 is 19.7 Å². The summed E-state index contributed by atoms with van der Waals surface area (Å²) >= 11 is 6.16. The number of benzene rings is 2. The maximum atomic E-state index is 12.7. The van der Waals surface area contributed by atoms with E-state index in [1.165, 1.54) is 7.11 Å². The van der Waals surface area contributed by atoms with Gasteiger partial charge in [-0.15, -0.1) is 0 Å². The molecule has 0 unspecified atom stereocenters. The van der Waals surface area contributed by atoms with Crippen molar-refractivity contribution in [2.24, 2.45) is 5.92 Å². The highest BCUT2D eigenvalue weighted by molar-refractivity contribution is 6.31. The molecule has 0 aromatic heterocycles. The Morgan fingerprint density at radius 1 is 1.19 bits per heavy atom. The highest BCUT2D eigenvalue weighted by Crippen LogP contribution is 2.32. The lowest BCUT2D eigenvalue weighted by molar-refractivity contribution is -0.122. The molecule has 1 saturated heterocycles. The smallest absolute Gasteiger partial charge is 0.229 e. The van der Waals surface area contributed by atoms with Crippen molar-refractivity contribution in [1.29, 1.82) is 0 Å². The Balaban J connectivity index is 1.73. The Kier molecular flexibility index (Phi) is 5.56. The molecule has 0 bridgehead atoms. The van der Waals surface area contributed by atoms with Gasteiger partial charge in [0.05, 0.1) is 25.8 Å². The average molecular weight is 389 g/mol. The second kappa shape index (κ2) is 7.88. The molecule has 1 atom stereocenters. The zero-order valence-corrected chi connectivity index (χ0v) is 16.2. The van der Waals surface area contributed by atoms with E-state index in [0.717, 1.165) is 5.56 Å². The Hall–Kier alpha value is -2.73. The monoisotopic (exact) mass is 388 g/mol. The van der Waals surface area contributed by atoms with Gasteiger partial charge in [0.25, 0.3) is 0 Å². The number of rotatable bonds is 5. The third-order valence-electron chi connectivity index (χ3n) is 4.63. The lowest BCUT2D eigenvalue weighted by Crippen LogP contribution is -2.28. The number of halogens is 1. The molecule has 3 rings (SSSR count). The molecule has 1 aliphatic rings. The number of carbonyl (C=O) groups excluding carboxylic acids is 2. The normalized spacial score (nSPS) is 16.4. The van der Waals surface area contributed by atoms with Crippen LogP contribution in [0.2, 0.25) is 5.02 Å². The molecule has 2 aromatic carbocycles. The minimum absolute atomic E-state index is 0.100. The van der Waals surface area contributed by atoms with Crippen LogP contribution in [0, 0.1) is 12.8 Å². The van der Waals surface area contributed by atoms with Gasteiger partial charge < -0.3 is 19.7 Å². The summed E-state index contributed by atoms with van der Waals surface area (Å²) in [6.45, 7) is 2.21. The van der Waals surface area contributed by atoms with E-state index < -0.39 is 5.92 Å². The summed E-state index contributed by atoms with van der Waals surface area (Å²) in [7, 11) is 3.08. The van der Waals surface area contributed by atoms with Gasteiger partial charge in [0.15, 0.2) is 0 Å². The number of nitrogens with zero attached hydrogens (tertiary/aromatic N) is 1. The topological polar surface area (TPSA) is 67.9 Å². The van der Waals surface area contributed by atoms with Crippen molar-refractivity contribution in [3.8, 4) is 11.5 Å². The number of hydrogen-bond acceptors (Lipinski definition) is 4. The summed E-state index contributed by atoms with van der Waals surface area (Å²) in [5, 5.41) is 3.44. The molecule has 2 amide bonds. The van der Waals surface area contributed by atoms with E-state index in [1.807, 2.05) is 19.1 Å². The molecule has 6 nitrogen and oxygen atoms in total. The zero-order valence-electron chi connectivity index (χ0n) is 15.4. The minimum atomic E-state index is -0.454. The van der Waals surface area contributed by atoms with E-state index in [0.29, 0.717) is 34.4 Å².